The van der Waals surface area contributed by atoms with Gasteiger partial charge in [-0.05, 0) is 30.2 Å². The Balaban J connectivity index is 1.83. The molecule has 0 fully saturated rings. The molecule has 0 aliphatic heterocycles. The molecule has 0 saturated carbocycles. The molecule has 0 heterocycles. The minimum absolute atomic E-state index is 0.0404. The largest absolute Gasteiger partial charge is 0.508 e. The van der Waals surface area contributed by atoms with Crippen LogP contribution in [0.1, 0.15) is 11.1 Å². The van der Waals surface area contributed by atoms with E-state index in [0.717, 1.165) is 30.3 Å². The molecule has 1 unspecified atom stereocenters. The molecule has 0 radical (unpaired) electrons. The fourth-order valence-corrected chi connectivity index (χ4v) is 4.36. The van der Waals surface area contributed by atoms with Crippen LogP contribution < -0.4 is 10.0 Å². The van der Waals surface area contributed by atoms with E-state index in [-0.39, 0.29) is 30.0 Å². The van der Waals surface area contributed by atoms with Crippen molar-refractivity contribution in [1.82, 2.24) is 10.0 Å². The zero-order chi connectivity index (χ0) is 24.0. The van der Waals surface area contributed by atoms with Crippen molar-refractivity contribution in [2.75, 3.05) is 0 Å². The second-order valence-electron chi connectivity index (χ2n) is 7.08. The lowest BCUT2D eigenvalue weighted by molar-refractivity contribution is -0.384. The Bertz CT molecular complexity index is 1270. The molecule has 172 valence electrons. The summed E-state index contributed by atoms with van der Waals surface area (Å²) >= 11 is 0. The van der Waals surface area contributed by atoms with Crippen molar-refractivity contribution in [2.45, 2.75) is 23.9 Å². The number of nitrogens with one attached hydrogen (secondary N) is 2. The number of aromatic hydroxyl groups is 1. The fourth-order valence-electron chi connectivity index (χ4n) is 3.08. The van der Waals surface area contributed by atoms with Crippen molar-refractivity contribution in [3.05, 3.63) is 99.9 Å². The van der Waals surface area contributed by atoms with Gasteiger partial charge in [-0.3, -0.25) is 14.9 Å². The number of nitrogens with zero attached hydrogens (tertiary/aromatic N) is 1. The van der Waals surface area contributed by atoms with Crippen molar-refractivity contribution < 1.29 is 27.6 Å². The number of nitro benzene ring substituents is 1. The summed E-state index contributed by atoms with van der Waals surface area (Å²) in [6.45, 7) is -0.293. The summed E-state index contributed by atoms with van der Waals surface area (Å²) in [6.07, 6.45) is -0.0404. The molecule has 0 aromatic heterocycles. The molecule has 11 heteroatoms. The first-order valence-electron chi connectivity index (χ1n) is 9.72. The Morgan fingerprint density at radius 2 is 1.73 bits per heavy atom. The predicted molar refractivity (Wildman–Crippen MR) is 117 cm³/mol. The number of non-ortho nitro benzene ring substituents is 1. The first-order chi connectivity index (χ1) is 15.7. The fraction of sp³-hybridized carbons (Fsp3) is 0.136. The van der Waals surface area contributed by atoms with Crippen molar-refractivity contribution in [1.29, 1.82) is 0 Å². The SMILES string of the molecule is O=C(NCc1cc([N+](=O)[O-])ccc1O)C(Cc1ccccc1)NS(=O)(=O)c1ccccc1F. The van der Waals surface area contributed by atoms with Crippen molar-refractivity contribution >= 4 is 21.6 Å². The van der Waals surface area contributed by atoms with Gasteiger partial charge in [0.1, 0.15) is 22.5 Å². The van der Waals surface area contributed by atoms with Gasteiger partial charge in [0.15, 0.2) is 0 Å². The number of phenolic OH excluding ortho intramolecular Hbond substituents is 1. The van der Waals surface area contributed by atoms with Crippen LogP contribution in [-0.2, 0) is 27.8 Å². The van der Waals surface area contributed by atoms with Gasteiger partial charge in [0.05, 0.1) is 4.92 Å². The lowest BCUT2D eigenvalue weighted by atomic mass is 10.1. The van der Waals surface area contributed by atoms with Crippen molar-refractivity contribution in [3.8, 4) is 5.75 Å². The van der Waals surface area contributed by atoms with E-state index in [2.05, 4.69) is 10.0 Å². The first-order valence-corrected chi connectivity index (χ1v) is 11.2. The Hall–Kier alpha value is -3.83. The highest BCUT2D eigenvalue weighted by Gasteiger charge is 2.28. The summed E-state index contributed by atoms with van der Waals surface area (Å²) < 4.78 is 41.8. The third-order valence-corrected chi connectivity index (χ3v) is 6.25. The van der Waals surface area contributed by atoms with Gasteiger partial charge in [-0.15, -0.1) is 0 Å². The Morgan fingerprint density at radius 1 is 1.06 bits per heavy atom. The average molecular weight is 473 g/mol. The van der Waals surface area contributed by atoms with Gasteiger partial charge in [-0.2, -0.15) is 4.72 Å². The van der Waals surface area contributed by atoms with Gasteiger partial charge in [0.2, 0.25) is 15.9 Å². The van der Waals surface area contributed by atoms with Crippen LogP contribution in [-0.4, -0.2) is 30.4 Å². The molecule has 0 aliphatic rings. The van der Waals surface area contributed by atoms with E-state index in [1.807, 2.05) is 0 Å². The molecule has 1 amide bonds. The number of carbonyl (C=O) groups is 1. The normalized spacial score (nSPS) is 12.2. The highest BCUT2D eigenvalue weighted by molar-refractivity contribution is 7.89. The van der Waals surface area contributed by atoms with E-state index in [4.69, 9.17) is 0 Å². The Kier molecular flexibility index (Phi) is 7.36. The van der Waals surface area contributed by atoms with Crippen LogP contribution in [0.15, 0.2) is 77.7 Å². The summed E-state index contributed by atoms with van der Waals surface area (Å²) in [5, 5.41) is 23.4. The average Bonchev–Trinajstić information content (AvgIpc) is 2.78. The molecule has 0 saturated heterocycles. The van der Waals surface area contributed by atoms with Crippen LogP contribution in [0.4, 0.5) is 10.1 Å². The molecule has 33 heavy (non-hydrogen) atoms. The van der Waals surface area contributed by atoms with Gasteiger partial charge in [-0.25, -0.2) is 12.8 Å². The molecule has 3 N–H and O–H groups in total. The van der Waals surface area contributed by atoms with E-state index in [9.17, 15) is 32.8 Å². The van der Waals surface area contributed by atoms with Crippen molar-refractivity contribution in [2.24, 2.45) is 0 Å². The molecule has 0 spiro atoms. The van der Waals surface area contributed by atoms with Crippen LogP contribution in [0.2, 0.25) is 0 Å². The van der Waals surface area contributed by atoms with Crippen LogP contribution >= 0.6 is 0 Å². The highest BCUT2D eigenvalue weighted by atomic mass is 32.2. The third-order valence-electron chi connectivity index (χ3n) is 4.75. The number of rotatable bonds is 9. The minimum atomic E-state index is -4.39. The Morgan fingerprint density at radius 3 is 2.39 bits per heavy atom. The molecule has 0 aliphatic carbocycles. The number of hydrogen-bond acceptors (Lipinski definition) is 6. The first kappa shape index (κ1) is 23.8. The van der Waals surface area contributed by atoms with Gasteiger partial charge in [0.25, 0.3) is 5.69 Å². The molecule has 3 aromatic rings. The zero-order valence-corrected chi connectivity index (χ0v) is 18.0. The topological polar surface area (TPSA) is 139 Å². The number of halogens is 1. The van der Waals surface area contributed by atoms with Crippen LogP contribution in [0.25, 0.3) is 0 Å². The standard InChI is InChI=1S/C22H20FN3O6S/c23-18-8-4-5-9-21(18)33(31,32)25-19(12-15-6-2-1-3-7-15)22(28)24-14-16-13-17(26(29)30)10-11-20(16)27/h1-11,13,19,25,27H,12,14H2,(H,24,28). The van der Waals surface area contributed by atoms with E-state index in [0.29, 0.717) is 5.56 Å². The Labute approximate surface area is 189 Å². The molecular weight excluding hydrogens is 453 g/mol. The lowest BCUT2D eigenvalue weighted by Gasteiger charge is -2.19. The van der Waals surface area contributed by atoms with Gasteiger partial charge < -0.3 is 10.4 Å². The number of amides is 1. The number of benzene rings is 3. The second kappa shape index (κ2) is 10.2. The quantitative estimate of drug-likeness (QED) is 0.323. The minimum Gasteiger partial charge on any atom is -0.508 e. The maximum Gasteiger partial charge on any atom is 0.270 e. The monoisotopic (exact) mass is 473 g/mol. The van der Waals surface area contributed by atoms with E-state index in [1.165, 1.54) is 12.1 Å². The highest BCUT2D eigenvalue weighted by Crippen LogP contribution is 2.23. The summed E-state index contributed by atoms with van der Waals surface area (Å²) in [5.41, 5.74) is 0.443. The molecule has 3 aromatic carbocycles. The van der Waals surface area contributed by atoms with Crippen LogP contribution in [0, 0.1) is 15.9 Å². The summed E-state index contributed by atoms with van der Waals surface area (Å²) in [6, 6.07) is 15.4. The molecule has 3 rings (SSSR count). The van der Waals surface area contributed by atoms with Gasteiger partial charge >= 0.3 is 0 Å². The molecular formula is C22H20FN3O6S. The predicted octanol–water partition coefficient (Wildman–Crippen LogP) is 2.65. The molecule has 0 bridgehead atoms. The van der Waals surface area contributed by atoms with Crippen LogP contribution in [0.5, 0.6) is 5.75 Å². The number of phenols is 1. The van der Waals surface area contributed by atoms with Crippen LogP contribution in [0.3, 0.4) is 0 Å². The summed E-state index contributed by atoms with van der Waals surface area (Å²) in [7, 11) is -4.39. The lowest BCUT2D eigenvalue weighted by Crippen LogP contribution is -2.47. The van der Waals surface area contributed by atoms with E-state index >= 15 is 0 Å². The summed E-state index contributed by atoms with van der Waals surface area (Å²) in [5.74, 6) is -2.00. The number of hydrogen-bond donors (Lipinski definition) is 3. The van der Waals surface area contributed by atoms with E-state index in [1.54, 1.807) is 30.3 Å². The number of nitro groups is 1. The smallest absolute Gasteiger partial charge is 0.270 e. The maximum atomic E-state index is 14.1. The van der Waals surface area contributed by atoms with Gasteiger partial charge in [-0.1, -0.05) is 42.5 Å². The third kappa shape index (κ3) is 6.11. The van der Waals surface area contributed by atoms with Crippen molar-refractivity contribution in [3.63, 3.8) is 0 Å². The number of carbonyl (C=O) groups excluding carboxylic acids is 1. The second-order valence-corrected chi connectivity index (χ2v) is 8.76. The number of sulfonamides is 1. The van der Waals surface area contributed by atoms with E-state index < -0.39 is 37.6 Å². The van der Waals surface area contributed by atoms with Gasteiger partial charge in [0, 0.05) is 24.2 Å². The summed E-state index contributed by atoms with van der Waals surface area (Å²) in [4.78, 5) is 22.6. The maximum absolute atomic E-state index is 14.1. The zero-order valence-electron chi connectivity index (χ0n) is 17.1. The molecule has 1 atom stereocenters. The molecule has 9 nitrogen and oxygen atoms in total.